The Morgan fingerprint density at radius 3 is 2.88 bits per heavy atom. The number of benzene rings is 1. The monoisotopic (exact) mass is 230 g/mol. The molecule has 3 rings (SSSR count). The van der Waals surface area contributed by atoms with Crippen LogP contribution in [0, 0.1) is 0 Å². The maximum atomic E-state index is 6.10. The molecule has 2 aromatic rings. The summed E-state index contributed by atoms with van der Waals surface area (Å²) in [5.41, 5.74) is 8.64. The summed E-state index contributed by atoms with van der Waals surface area (Å²) in [7, 11) is 1.69. The van der Waals surface area contributed by atoms with Crippen molar-refractivity contribution >= 4 is 10.9 Å². The van der Waals surface area contributed by atoms with Gasteiger partial charge in [-0.15, -0.1) is 0 Å². The van der Waals surface area contributed by atoms with Gasteiger partial charge in [0, 0.05) is 22.8 Å². The molecular weight excluding hydrogens is 212 g/mol. The second-order valence-electron chi connectivity index (χ2n) is 5.11. The van der Waals surface area contributed by atoms with E-state index in [0.717, 1.165) is 24.1 Å². The standard InChI is InChI=1S/C14H18N2O/c1-17-12-3-2-10-8-11(16-13(10)9-12)4-5-14(15)6-7-14/h2-3,8-9,16H,4-7,15H2,1H3. The molecule has 0 bridgehead atoms. The van der Waals surface area contributed by atoms with E-state index >= 15 is 0 Å². The van der Waals surface area contributed by atoms with E-state index in [2.05, 4.69) is 17.1 Å². The molecule has 17 heavy (non-hydrogen) atoms. The van der Waals surface area contributed by atoms with Crippen molar-refractivity contribution in [1.82, 2.24) is 4.98 Å². The number of fused-ring (bicyclic) bond motifs is 1. The Morgan fingerprint density at radius 2 is 2.18 bits per heavy atom. The summed E-state index contributed by atoms with van der Waals surface area (Å²) in [6.45, 7) is 0. The van der Waals surface area contributed by atoms with Crippen LogP contribution in [0.15, 0.2) is 24.3 Å². The predicted molar refractivity (Wildman–Crippen MR) is 69.3 cm³/mol. The molecular formula is C14H18N2O. The lowest BCUT2D eigenvalue weighted by Crippen LogP contribution is -2.22. The van der Waals surface area contributed by atoms with E-state index < -0.39 is 0 Å². The van der Waals surface area contributed by atoms with Crippen LogP contribution in [-0.4, -0.2) is 17.6 Å². The van der Waals surface area contributed by atoms with Gasteiger partial charge in [-0.25, -0.2) is 0 Å². The Labute approximate surface area is 101 Å². The minimum atomic E-state index is 0.134. The Balaban J connectivity index is 1.80. The molecule has 3 nitrogen and oxygen atoms in total. The first-order valence-corrected chi connectivity index (χ1v) is 6.13. The zero-order chi connectivity index (χ0) is 11.9. The summed E-state index contributed by atoms with van der Waals surface area (Å²) in [6, 6.07) is 8.32. The third-order valence-electron chi connectivity index (χ3n) is 3.67. The van der Waals surface area contributed by atoms with E-state index in [-0.39, 0.29) is 5.54 Å². The third-order valence-corrected chi connectivity index (χ3v) is 3.67. The second kappa shape index (κ2) is 3.77. The summed E-state index contributed by atoms with van der Waals surface area (Å²) >= 11 is 0. The van der Waals surface area contributed by atoms with Crippen molar-refractivity contribution in [2.45, 2.75) is 31.2 Å². The van der Waals surface area contributed by atoms with E-state index in [1.54, 1.807) is 7.11 Å². The van der Waals surface area contributed by atoms with Gasteiger partial charge in [0.15, 0.2) is 0 Å². The van der Waals surface area contributed by atoms with Gasteiger partial charge < -0.3 is 15.5 Å². The first-order chi connectivity index (χ1) is 8.18. The molecule has 0 spiro atoms. The highest BCUT2D eigenvalue weighted by Gasteiger charge is 2.37. The SMILES string of the molecule is COc1ccc2cc(CCC3(N)CC3)[nH]c2c1. The molecule has 0 aliphatic heterocycles. The molecule has 1 fully saturated rings. The number of H-pyrrole nitrogens is 1. The number of rotatable bonds is 4. The van der Waals surface area contributed by atoms with Crippen molar-refractivity contribution < 1.29 is 4.74 Å². The Hall–Kier alpha value is -1.48. The van der Waals surface area contributed by atoms with E-state index in [9.17, 15) is 0 Å². The lowest BCUT2D eigenvalue weighted by Gasteiger charge is -2.05. The molecule has 1 saturated carbocycles. The summed E-state index contributed by atoms with van der Waals surface area (Å²) in [6.07, 6.45) is 4.48. The largest absolute Gasteiger partial charge is 0.497 e. The fraction of sp³-hybridized carbons (Fsp3) is 0.429. The van der Waals surface area contributed by atoms with Gasteiger partial charge in [-0.1, -0.05) is 0 Å². The zero-order valence-corrected chi connectivity index (χ0v) is 10.1. The lowest BCUT2D eigenvalue weighted by molar-refractivity contribution is 0.415. The summed E-state index contributed by atoms with van der Waals surface area (Å²) in [4.78, 5) is 3.44. The summed E-state index contributed by atoms with van der Waals surface area (Å²) in [5, 5.41) is 1.24. The van der Waals surface area contributed by atoms with Crippen LogP contribution >= 0.6 is 0 Å². The second-order valence-corrected chi connectivity index (χ2v) is 5.11. The fourth-order valence-corrected chi connectivity index (χ4v) is 2.22. The molecule has 0 amide bonds. The van der Waals surface area contributed by atoms with Gasteiger partial charge in [0.05, 0.1) is 7.11 Å². The van der Waals surface area contributed by atoms with Crippen LogP contribution in [0.5, 0.6) is 5.75 Å². The van der Waals surface area contributed by atoms with Crippen molar-refractivity contribution in [2.24, 2.45) is 5.73 Å². The Kier molecular flexibility index (Phi) is 2.37. The average molecular weight is 230 g/mol. The lowest BCUT2D eigenvalue weighted by atomic mass is 10.1. The number of nitrogens with two attached hydrogens (primary N) is 1. The molecule has 1 aromatic heterocycles. The van der Waals surface area contributed by atoms with Crippen molar-refractivity contribution in [3.05, 3.63) is 30.0 Å². The van der Waals surface area contributed by atoms with E-state index in [0.29, 0.717) is 0 Å². The predicted octanol–water partition coefficient (Wildman–Crippen LogP) is 2.60. The number of aromatic nitrogens is 1. The third kappa shape index (κ3) is 2.15. The number of hydrogen-bond donors (Lipinski definition) is 2. The van der Waals surface area contributed by atoms with Crippen LogP contribution in [0.2, 0.25) is 0 Å². The maximum absolute atomic E-state index is 6.10. The van der Waals surface area contributed by atoms with E-state index in [4.69, 9.17) is 10.5 Å². The molecule has 0 radical (unpaired) electrons. The highest BCUT2D eigenvalue weighted by atomic mass is 16.5. The fourth-order valence-electron chi connectivity index (χ4n) is 2.22. The van der Waals surface area contributed by atoms with Gasteiger partial charge in [-0.3, -0.25) is 0 Å². The molecule has 1 aliphatic carbocycles. The minimum absolute atomic E-state index is 0.134. The molecule has 3 heteroatoms. The molecule has 1 aliphatic rings. The molecule has 1 heterocycles. The Morgan fingerprint density at radius 1 is 1.35 bits per heavy atom. The minimum Gasteiger partial charge on any atom is -0.497 e. The normalized spacial score (nSPS) is 17.3. The number of nitrogens with one attached hydrogen (secondary N) is 1. The van der Waals surface area contributed by atoms with Crippen molar-refractivity contribution in [3.8, 4) is 5.75 Å². The number of ether oxygens (including phenoxy) is 1. The highest BCUT2D eigenvalue weighted by Crippen LogP contribution is 2.36. The first-order valence-electron chi connectivity index (χ1n) is 6.13. The van der Waals surface area contributed by atoms with Gasteiger partial charge in [0.2, 0.25) is 0 Å². The molecule has 90 valence electrons. The highest BCUT2D eigenvalue weighted by molar-refractivity contribution is 5.81. The van der Waals surface area contributed by atoms with Gasteiger partial charge in [-0.05, 0) is 49.3 Å². The van der Waals surface area contributed by atoms with Crippen LogP contribution in [0.25, 0.3) is 10.9 Å². The van der Waals surface area contributed by atoms with Crippen molar-refractivity contribution in [3.63, 3.8) is 0 Å². The maximum Gasteiger partial charge on any atom is 0.120 e. The molecule has 0 unspecified atom stereocenters. The van der Waals surface area contributed by atoms with Gasteiger partial charge in [0.25, 0.3) is 0 Å². The zero-order valence-electron chi connectivity index (χ0n) is 10.1. The van der Waals surface area contributed by atoms with Gasteiger partial charge in [-0.2, -0.15) is 0 Å². The summed E-state index contributed by atoms with van der Waals surface area (Å²) < 4.78 is 5.22. The number of aryl methyl sites for hydroxylation is 1. The number of methoxy groups -OCH3 is 1. The van der Waals surface area contributed by atoms with Crippen LogP contribution in [0.1, 0.15) is 25.0 Å². The molecule has 0 atom stereocenters. The summed E-state index contributed by atoms with van der Waals surface area (Å²) in [5.74, 6) is 0.892. The molecule has 0 saturated heterocycles. The van der Waals surface area contributed by atoms with Crippen molar-refractivity contribution in [2.75, 3.05) is 7.11 Å². The Bertz CT molecular complexity index is 540. The van der Waals surface area contributed by atoms with Crippen LogP contribution in [0.3, 0.4) is 0 Å². The van der Waals surface area contributed by atoms with Crippen LogP contribution in [0.4, 0.5) is 0 Å². The van der Waals surface area contributed by atoms with Crippen LogP contribution < -0.4 is 10.5 Å². The van der Waals surface area contributed by atoms with E-state index in [1.165, 1.54) is 23.9 Å². The average Bonchev–Trinajstić information content (AvgIpc) is 2.93. The number of hydrogen-bond acceptors (Lipinski definition) is 2. The first kappa shape index (κ1) is 10.7. The van der Waals surface area contributed by atoms with Gasteiger partial charge >= 0.3 is 0 Å². The van der Waals surface area contributed by atoms with Gasteiger partial charge in [0.1, 0.15) is 5.75 Å². The topological polar surface area (TPSA) is 51.0 Å². The van der Waals surface area contributed by atoms with E-state index in [1.807, 2.05) is 12.1 Å². The molecule has 3 N–H and O–H groups in total. The van der Waals surface area contributed by atoms with Crippen molar-refractivity contribution in [1.29, 1.82) is 0 Å². The molecule has 1 aromatic carbocycles. The smallest absolute Gasteiger partial charge is 0.120 e. The quantitative estimate of drug-likeness (QED) is 0.848. The number of aromatic amines is 1. The van der Waals surface area contributed by atoms with Crippen LogP contribution in [-0.2, 0) is 6.42 Å².